The van der Waals surface area contributed by atoms with Gasteiger partial charge in [0.05, 0.1) is 0 Å². The molecular weight excluding hydrogens is 310 g/mol. The highest BCUT2D eigenvalue weighted by atomic mass is 32.1. The molecule has 3 N–H and O–H groups in total. The molecule has 1 atom stereocenters. The third-order valence-corrected chi connectivity index (χ3v) is 3.53. The number of carbonyl (C=O) groups is 1. The standard InChI is InChI=1S/C17H19N3O2S/c1-12(16(21)19-20(2)17(18)23)22-15-11-7-6-10-14(15)13-8-4-3-5-9-13/h3-12H,1-2H3,(H2,18,23)(H,19,21). The van der Waals surface area contributed by atoms with Crippen molar-refractivity contribution in [3.8, 4) is 16.9 Å². The summed E-state index contributed by atoms with van der Waals surface area (Å²) in [5.41, 5.74) is 9.95. The molecule has 0 bridgehead atoms. The number of benzene rings is 2. The predicted molar refractivity (Wildman–Crippen MR) is 94.7 cm³/mol. The number of nitrogens with one attached hydrogen (secondary N) is 1. The van der Waals surface area contributed by atoms with Crippen molar-refractivity contribution in [1.29, 1.82) is 0 Å². The molecule has 0 aliphatic rings. The van der Waals surface area contributed by atoms with Crippen molar-refractivity contribution in [2.45, 2.75) is 13.0 Å². The number of hydrazine groups is 1. The van der Waals surface area contributed by atoms with Gasteiger partial charge in [-0.3, -0.25) is 15.2 Å². The highest BCUT2D eigenvalue weighted by Gasteiger charge is 2.18. The maximum Gasteiger partial charge on any atom is 0.279 e. The van der Waals surface area contributed by atoms with E-state index in [0.717, 1.165) is 11.1 Å². The zero-order valence-corrected chi connectivity index (χ0v) is 13.8. The van der Waals surface area contributed by atoms with Gasteiger partial charge in [0.15, 0.2) is 11.2 Å². The minimum Gasteiger partial charge on any atom is -0.480 e. The Morgan fingerprint density at radius 2 is 1.78 bits per heavy atom. The third-order valence-electron chi connectivity index (χ3n) is 3.25. The molecule has 0 aromatic heterocycles. The van der Waals surface area contributed by atoms with E-state index < -0.39 is 6.10 Å². The zero-order chi connectivity index (χ0) is 16.8. The first-order chi connectivity index (χ1) is 11.0. The van der Waals surface area contributed by atoms with Crippen LogP contribution in [0.3, 0.4) is 0 Å². The summed E-state index contributed by atoms with van der Waals surface area (Å²) < 4.78 is 5.82. The van der Waals surface area contributed by atoms with Gasteiger partial charge in [0.2, 0.25) is 0 Å². The molecule has 0 radical (unpaired) electrons. The maximum absolute atomic E-state index is 12.1. The molecule has 2 aromatic rings. The van der Waals surface area contributed by atoms with Crippen LogP contribution in [0.2, 0.25) is 0 Å². The minimum atomic E-state index is -0.698. The summed E-state index contributed by atoms with van der Waals surface area (Å²) in [5, 5.41) is 1.36. The first-order valence-electron chi connectivity index (χ1n) is 7.14. The van der Waals surface area contributed by atoms with E-state index in [4.69, 9.17) is 22.7 Å². The van der Waals surface area contributed by atoms with Gasteiger partial charge in [0, 0.05) is 12.6 Å². The van der Waals surface area contributed by atoms with Gasteiger partial charge in [-0.1, -0.05) is 48.5 Å². The summed E-state index contributed by atoms with van der Waals surface area (Å²) in [6.45, 7) is 1.67. The van der Waals surface area contributed by atoms with E-state index >= 15 is 0 Å². The molecule has 5 nitrogen and oxygen atoms in total. The van der Waals surface area contributed by atoms with Crippen molar-refractivity contribution < 1.29 is 9.53 Å². The van der Waals surface area contributed by atoms with Gasteiger partial charge in [0.25, 0.3) is 5.91 Å². The molecule has 0 saturated heterocycles. The number of nitrogens with two attached hydrogens (primary N) is 1. The normalized spacial score (nSPS) is 11.4. The van der Waals surface area contributed by atoms with Crippen molar-refractivity contribution in [2.24, 2.45) is 5.73 Å². The fourth-order valence-corrected chi connectivity index (χ4v) is 2.03. The van der Waals surface area contributed by atoms with Gasteiger partial charge in [0.1, 0.15) is 5.75 Å². The summed E-state index contributed by atoms with van der Waals surface area (Å²) in [6, 6.07) is 17.4. The Bertz CT molecular complexity index is 691. The Hall–Kier alpha value is -2.60. The molecule has 1 unspecified atom stereocenters. The van der Waals surface area contributed by atoms with Crippen molar-refractivity contribution in [1.82, 2.24) is 10.4 Å². The van der Waals surface area contributed by atoms with Crippen molar-refractivity contribution in [2.75, 3.05) is 7.05 Å². The van der Waals surface area contributed by atoms with Crippen LogP contribution in [-0.4, -0.2) is 29.2 Å². The largest absolute Gasteiger partial charge is 0.480 e. The fourth-order valence-electron chi connectivity index (χ4n) is 1.98. The molecule has 0 aliphatic heterocycles. The second-order valence-electron chi connectivity index (χ2n) is 5.00. The first-order valence-corrected chi connectivity index (χ1v) is 7.54. The number of nitrogens with zero attached hydrogens (tertiary/aromatic N) is 1. The molecule has 120 valence electrons. The molecule has 0 aliphatic carbocycles. The number of amides is 1. The molecule has 0 heterocycles. The Morgan fingerprint density at radius 1 is 1.17 bits per heavy atom. The van der Waals surface area contributed by atoms with Gasteiger partial charge < -0.3 is 10.5 Å². The van der Waals surface area contributed by atoms with Gasteiger partial charge in [-0.15, -0.1) is 0 Å². The number of para-hydroxylation sites is 1. The number of carbonyl (C=O) groups excluding carboxylic acids is 1. The summed E-state index contributed by atoms with van der Waals surface area (Å²) in [7, 11) is 1.57. The monoisotopic (exact) mass is 329 g/mol. The number of thiocarbonyl (C=S) groups is 1. The van der Waals surface area contributed by atoms with Crippen LogP contribution in [0, 0.1) is 0 Å². The lowest BCUT2D eigenvalue weighted by Gasteiger charge is -2.22. The Balaban J connectivity index is 2.14. The van der Waals surface area contributed by atoms with E-state index in [0.29, 0.717) is 5.75 Å². The van der Waals surface area contributed by atoms with Crippen LogP contribution in [0.15, 0.2) is 54.6 Å². The lowest BCUT2D eigenvalue weighted by molar-refractivity contribution is -0.130. The van der Waals surface area contributed by atoms with E-state index in [1.807, 2.05) is 54.6 Å². The van der Waals surface area contributed by atoms with Gasteiger partial charge in [-0.2, -0.15) is 0 Å². The van der Waals surface area contributed by atoms with Gasteiger partial charge in [-0.25, -0.2) is 0 Å². The number of hydrogen-bond acceptors (Lipinski definition) is 3. The van der Waals surface area contributed by atoms with Crippen LogP contribution in [0.5, 0.6) is 5.75 Å². The highest BCUT2D eigenvalue weighted by molar-refractivity contribution is 7.80. The summed E-state index contributed by atoms with van der Waals surface area (Å²) >= 11 is 4.79. The van der Waals surface area contributed by atoms with Gasteiger partial charge in [-0.05, 0) is 30.8 Å². The lowest BCUT2D eigenvalue weighted by Crippen LogP contribution is -2.50. The topological polar surface area (TPSA) is 67.6 Å². The van der Waals surface area contributed by atoms with E-state index in [1.165, 1.54) is 5.01 Å². The van der Waals surface area contributed by atoms with Crippen molar-refractivity contribution in [3.63, 3.8) is 0 Å². The number of ether oxygens (including phenoxy) is 1. The minimum absolute atomic E-state index is 0.0789. The molecule has 23 heavy (non-hydrogen) atoms. The highest BCUT2D eigenvalue weighted by Crippen LogP contribution is 2.30. The van der Waals surface area contributed by atoms with Crippen molar-refractivity contribution in [3.05, 3.63) is 54.6 Å². The third kappa shape index (κ3) is 4.43. The predicted octanol–water partition coefficient (Wildman–Crippen LogP) is 2.33. The number of rotatable bonds is 4. The van der Waals surface area contributed by atoms with Gasteiger partial charge >= 0.3 is 0 Å². The SMILES string of the molecule is CC(Oc1ccccc1-c1ccccc1)C(=O)NN(C)C(N)=S. The van der Waals surface area contributed by atoms with Crippen LogP contribution < -0.4 is 15.9 Å². The summed E-state index contributed by atoms with van der Waals surface area (Å²) in [5.74, 6) is 0.308. The van der Waals surface area contributed by atoms with Crippen LogP contribution in [0.25, 0.3) is 11.1 Å². The molecular formula is C17H19N3O2S. The van der Waals surface area contributed by atoms with Crippen LogP contribution in [0.1, 0.15) is 6.92 Å². The molecule has 1 amide bonds. The molecule has 0 spiro atoms. The fraction of sp³-hybridized carbons (Fsp3) is 0.176. The molecule has 0 saturated carbocycles. The molecule has 2 aromatic carbocycles. The van der Waals surface area contributed by atoms with E-state index in [-0.39, 0.29) is 11.0 Å². The summed E-state index contributed by atoms with van der Waals surface area (Å²) in [4.78, 5) is 12.1. The Labute approximate surface area is 141 Å². The van der Waals surface area contributed by atoms with Crippen LogP contribution in [-0.2, 0) is 4.79 Å². The quantitative estimate of drug-likeness (QED) is 0.666. The average Bonchev–Trinajstić information content (AvgIpc) is 2.56. The molecule has 6 heteroatoms. The average molecular weight is 329 g/mol. The van der Waals surface area contributed by atoms with E-state index in [9.17, 15) is 4.79 Å². The van der Waals surface area contributed by atoms with Crippen LogP contribution in [0.4, 0.5) is 0 Å². The molecule has 2 rings (SSSR count). The maximum atomic E-state index is 12.1. The van der Waals surface area contributed by atoms with Crippen molar-refractivity contribution >= 4 is 23.2 Å². The van der Waals surface area contributed by atoms with E-state index in [1.54, 1.807) is 14.0 Å². The summed E-state index contributed by atoms with van der Waals surface area (Å²) in [6.07, 6.45) is -0.698. The second-order valence-corrected chi connectivity index (χ2v) is 5.41. The first kappa shape index (κ1) is 16.8. The second kappa shape index (κ2) is 7.60. The lowest BCUT2D eigenvalue weighted by atomic mass is 10.0. The van der Waals surface area contributed by atoms with Crippen LogP contribution >= 0.6 is 12.2 Å². The zero-order valence-electron chi connectivity index (χ0n) is 13.0. The number of hydrogen-bond donors (Lipinski definition) is 2. The smallest absolute Gasteiger partial charge is 0.279 e. The van der Waals surface area contributed by atoms with E-state index in [2.05, 4.69) is 5.43 Å². The Kier molecular flexibility index (Phi) is 5.54. The molecule has 0 fully saturated rings. The Morgan fingerprint density at radius 3 is 2.43 bits per heavy atom.